The number of carbonyl (C=O) groups excluding carboxylic acids is 3. The molecule has 0 aliphatic carbocycles. The van der Waals surface area contributed by atoms with Gasteiger partial charge in [0.1, 0.15) is 18.0 Å². The molecular weight excluding hydrogens is 719 g/mol. The lowest BCUT2D eigenvalue weighted by molar-refractivity contribution is -0.139. The molecule has 1 aliphatic heterocycles. The zero-order valence-electron chi connectivity index (χ0n) is 28.3. The molecule has 2 amide bonds. The first-order valence-electron chi connectivity index (χ1n) is 16.1. The SMILES string of the molecule is COc1ccc(CC(=O)Nc2ccc(C(=O)N(CC(=O)O)Cc3ccc(OC(=O)c4ccc(N5CCS(=O)(=O)CC5)cc4)cc3)cc2)c(C(F)(F)F)c1. The van der Waals surface area contributed by atoms with Gasteiger partial charge in [0, 0.05) is 36.6 Å². The van der Waals surface area contributed by atoms with Gasteiger partial charge in [-0.1, -0.05) is 18.2 Å². The van der Waals surface area contributed by atoms with Crippen LogP contribution in [0.4, 0.5) is 24.5 Å². The van der Waals surface area contributed by atoms with Crippen molar-refractivity contribution in [2.75, 3.05) is 48.5 Å². The lowest BCUT2D eigenvalue weighted by Crippen LogP contribution is -2.40. The molecule has 0 bridgehead atoms. The van der Waals surface area contributed by atoms with Gasteiger partial charge in [0.25, 0.3) is 5.91 Å². The Morgan fingerprint density at radius 3 is 2.04 bits per heavy atom. The van der Waals surface area contributed by atoms with Gasteiger partial charge in [0.2, 0.25) is 5.91 Å². The number of ether oxygens (including phenoxy) is 2. The maximum atomic E-state index is 13.5. The molecule has 2 N–H and O–H groups in total. The van der Waals surface area contributed by atoms with Crippen molar-refractivity contribution >= 4 is 45.0 Å². The number of nitrogens with zero attached hydrogens (tertiary/aromatic N) is 2. The number of nitrogens with one attached hydrogen (secondary N) is 1. The number of amides is 2. The van der Waals surface area contributed by atoms with Crippen LogP contribution in [0.25, 0.3) is 0 Å². The minimum atomic E-state index is -4.71. The molecule has 0 radical (unpaired) electrons. The average Bonchev–Trinajstić information content (AvgIpc) is 3.11. The van der Waals surface area contributed by atoms with Gasteiger partial charge in [-0.25, -0.2) is 13.2 Å². The van der Waals surface area contributed by atoms with Crippen LogP contribution in [0.15, 0.2) is 91.0 Å². The van der Waals surface area contributed by atoms with Crippen molar-refractivity contribution in [3.63, 3.8) is 0 Å². The molecule has 0 saturated carbocycles. The van der Waals surface area contributed by atoms with E-state index in [0.717, 1.165) is 22.7 Å². The van der Waals surface area contributed by atoms with E-state index < -0.39 is 58.3 Å². The van der Waals surface area contributed by atoms with Gasteiger partial charge in [-0.2, -0.15) is 13.2 Å². The molecule has 4 aromatic carbocycles. The summed E-state index contributed by atoms with van der Waals surface area (Å²) < 4.78 is 74.4. The van der Waals surface area contributed by atoms with Gasteiger partial charge in [0.05, 0.1) is 36.2 Å². The Morgan fingerprint density at radius 1 is 0.849 bits per heavy atom. The summed E-state index contributed by atoms with van der Waals surface area (Å²) >= 11 is 0. The second-order valence-corrected chi connectivity index (χ2v) is 14.4. The second-order valence-electron chi connectivity index (χ2n) is 12.1. The second kappa shape index (κ2) is 16.2. The first kappa shape index (κ1) is 38.3. The highest BCUT2D eigenvalue weighted by Gasteiger charge is 2.34. The Hall–Kier alpha value is -5.90. The third-order valence-electron chi connectivity index (χ3n) is 8.32. The first-order chi connectivity index (χ1) is 25.1. The Balaban J connectivity index is 1.17. The number of carbonyl (C=O) groups is 4. The summed E-state index contributed by atoms with van der Waals surface area (Å²) in [5.41, 5.74) is 0.656. The largest absolute Gasteiger partial charge is 0.497 e. The van der Waals surface area contributed by atoms with Crippen LogP contribution < -0.4 is 19.7 Å². The van der Waals surface area contributed by atoms with Gasteiger partial charge < -0.3 is 29.7 Å². The molecule has 0 atom stereocenters. The van der Waals surface area contributed by atoms with E-state index in [9.17, 15) is 45.9 Å². The molecule has 1 saturated heterocycles. The maximum Gasteiger partial charge on any atom is 0.416 e. The number of halogens is 3. The van der Waals surface area contributed by atoms with Crippen LogP contribution in [-0.2, 0) is 38.6 Å². The molecule has 0 unspecified atom stereocenters. The fraction of sp³-hybridized carbons (Fsp3) is 0.243. The average molecular weight is 754 g/mol. The highest BCUT2D eigenvalue weighted by Crippen LogP contribution is 2.35. The summed E-state index contributed by atoms with van der Waals surface area (Å²) in [7, 11) is -1.80. The maximum absolute atomic E-state index is 13.5. The lowest BCUT2D eigenvalue weighted by Gasteiger charge is -2.28. The fourth-order valence-electron chi connectivity index (χ4n) is 5.55. The van der Waals surface area contributed by atoms with E-state index in [1.807, 2.05) is 4.90 Å². The van der Waals surface area contributed by atoms with E-state index >= 15 is 0 Å². The van der Waals surface area contributed by atoms with Crippen molar-refractivity contribution in [3.05, 3.63) is 119 Å². The van der Waals surface area contributed by atoms with Gasteiger partial charge >= 0.3 is 18.1 Å². The summed E-state index contributed by atoms with van der Waals surface area (Å²) in [5.74, 6) is -2.92. The summed E-state index contributed by atoms with van der Waals surface area (Å²) in [5, 5.41) is 12.0. The molecule has 53 heavy (non-hydrogen) atoms. The number of alkyl halides is 3. The van der Waals surface area contributed by atoms with Gasteiger partial charge in [0.15, 0.2) is 9.84 Å². The van der Waals surface area contributed by atoms with Crippen LogP contribution in [-0.4, -0.2) is 80.4 Å². The molecular formula is C37H34F3N3O9S. The molecule has 1 aliphatic rings. The number of benzene rings is 4. The molecule has 1 heterocycles. The molecule has 0 spiro atoms. The van der Waals surface area contributed by atoms with E-state index in [-0.39, 0.29) is 51.9 Å². The van der Waals surface area contributed by atoms with Crippen molar-refractivity contribution < 1.29 is 55.3 Å². The molecule has 0 aromatic heterocycles. The number of anilines is 2. The number of rotatable bonds is 12. The highest BCUT2D eigenvalue weighted by molar-refractivity contribution is 7.91. The number of esters is 1. The van der Waals surface area contributed by atoms with E-state index in [1.54, 1.807) is 36.4 Å². The fourth-order valence-corrected chi connectivity index (χ4v) is 6.75. The zero-order valence-corrected chi connectivity index (χ0v) is 29.1. The lowest BCUT2D eigenvalue weighted by atomic mass is 10.0. The minimum absolute atomic E-state index is 0.00607. The molecule has 16 heteroatoms. The van der Waals surface area contributed by atoms with E-state index in [2.05, 4.69) is 5.32 Å². The molecule has 1 fully saturated rings. The topological polar surface area (TPSA) is 160 Å². The van der Waals surface area contributed by atoms with E-state index in [0.29, 0.717) is 18.7 Å². The highest BCUT2D eigenvalue weighted by atomic mass is 32.2. The standard InChI is InChI=1S/C37H34F3N3O9S/c1-51-31-15-8-27(32(21-31)37(38,39)40)20-33(44)41-28-9-4-25(5-10-28)35(47)43(23-34(45)46)22-24-2-13-30(14-3-24)52-36(48)26-6-11-29(12-7-26)42-16-18-53(49,50)19-17-42/h2-15,21H,16-20,22-23H2,1H3,(H,41,44)(H,45,46). The molecule has 5 rings (SSSR count). The van der Waals surface area contributed by atoms with Crippen LogP contribution in [0.3, 0.4) is 0 Å². The number of sulfone groups is 1. The van der Waals surface area contributed by atoms with Gasteiger partial charge in [-0.3, -0.25) is 14.4 Å². The van der Waals surface area contributed by atoms with Gasteiger partial charge in [-0.15, -0.1) is 0 Å². The summed E-state index contributed by atoms with van der Waals surface area (Å²) in [6.45, 7) is -0.0138. The first-order valence-corrected chi connectivity index (χ1v) is 17.9. The van der Waals surface area contributed by atoms with E-state index in [1.165, 1.54) is 49.6 Å². The monoisotopic (exact) mass is 753 g/mol. The van der Waals surface area contributed by atoms with Crippen LogP contribution in [0.2, 0.25) is 0 Å². The number of hydrogen-bond donors (Lipinski definition) is 2. The third-order valence-corrected chi connectivity index (χ3v) is 9.93. The third kappa shape index (κ3) is 10.3. The Morgan fingerprint density at radius 2 is 1.45 bits per heavy atom. The molecule has 12 nitrogen and oxygen atoms in total. The van der Waals surface area contributed by atoms with Crippen molar-refractivity contribution in [1.29, 1.82) is 0 Å². The quantitative estimate of drug-likeness (QED) is 0.148. The van der Waals surface area contributed by atoms with Crippen LogP contribution in [0.5, 0.6) is 11.5 Å². The number of aliphatic carboxylic acids is 1. The molecule has 4 aromatic rings. The van der Waals surface area contributed by atoms with Gasteiger partial charge in [-0.05, 0) is 83.9 Å². The van der Waals surface area contributed by atoms with Crippen molar-refractivity contribution in [2.45, 2.75) is 19.1 Å². The predicted octanol–water partition coefficient (Wildman–Crippen LogP) is 5.08. The summed E-state index contributed by atoms with van der Waals surface area (Å²) in [6, 6.07) is 21.5. The Labute approximate surface area is 302 Å². The zero-order chi connectivity index (χ0) is 38.3. The number of hydrogen-bond acceptors (Lipinski definition) is 9. The number of methoxy groups -OCH3 is 1. The smallest absolute Gasteiger partial charge is 0.416 e. The van der Waals surface area contributed by atoms with Crippen LogP contribution in [0, 0.1) is 0 Å². The molecule has 278 valence electrons. The number of carboxylic acid groups (broad SMARTS) is 1. The van der Waals surface area contributed by atoms with Crippen molar-refractivity contribution in [2.24, 2.45) is 0 Å². The normalized spacial score (nSPS) is 13.8. The van der Waals surface area contributed by atoms with Crippen LogP contribution in [0.1, 0.15) is 37.4 Å². The van der Waals surface area contributed by atoms with Crippen molar-refractivity contribution in [1.82, 2.24) is 4.90 Å². The summed E-state index contributed by atoms with van der Waals surface area (Å²) in [6.07, 6.45) is -5.28. The Kier molecular flexibility index (Phi) is 11.7. The minimum Gasteiger partial charge on any atom is -0.497 e. The summed E-state index contributed by atoms with van der Waals surface area (Å²) in [4.78, 5) is 53.3. The van der Waals surface area contributed by atoms with E-state index in [4.69, 9.17) is 9.47 Å². The predicted molar refractivity (Wildman–Crippen MR) is 188 cm³/mol. The van der Waals surface area contributed by atoms with Crippen molar-refractivity contribution in [3.8, 4) is 11.5 Å². The van der Waals surface area contributed by atoms with Crippen LogP contribution >= 0.6 is 0 Å². The number of carboxylic acids is 1. The Bertz CT molecular complexity index is 2080.